The average molecular weight is 495 g/mol. The van der Waals surface area contributed by atoms with Crippen molar-refractivity contribution in [3.05, 3.63) is 89.2 Å². The smallest absolute Gasteiger partial charge is 0.416 e. The fourth-order valence-corrected chi connectivity index (χ4v) is 3.43. The van der Waals surface area contributed by atoms with Gasteiger partial charge in [0.1, 0.15) is 18.7 Å². The molecular formula is C23H15F6N3O3. The first-order chi connectivity index (χ1) is 16.5. The number of imidazole rings is 1. The van der Waals surface area contributed by atoms with E-state index < -0.39 is 41.6 Å². The van der Waals surface area contributed by atoms with Crippen molar-refractivity contribution < 1.29 is 41.1 Å². The summed E-state index contributed by atoms with van der Waals surface area (Å²) in [7, 11) is 0. The predicted octanol–water partition coefficient (Wildman–Crippen LogP) is 5.76. The van der Waals surface area contributed by atoms with Crippen LogP contribution in [0.25, 0.3) is 16.7 Å². The van der Waals surface area contributed by atoms with E-state index in [1.165, 1.54) is 30.6 Å². The number of rotatable bonds is 5. The van der Waals surface area contributed by atoms with Gasteiger partial charge in [-0.05, 0) is 54.6 Å². The lowest BCUT2D eigenvalue weighted by Crippen LogP contribution is -2.18. The van der Waals surface area contributed by atoms with Crippen LogP contribution in [0, 0.1) is 0 Å². The summed E-state index contributed by atoms with van der Waals surface area (Å²) in [5.41, 5.74) is 0.196. The molecule has 0 bridgehead atoms. The molecule has 1 amide bonds. The third kappa shape index (κ3) is 5.06. The number of aromatic nitrogens is 2. The van der Waals surface area contributed by atoms with Crippen LogP contribution in [0.5, 0.6) is 5.75 Å². The molecule has 0 spiro atoms. The van der Waals surface area contributed by atoms with Gasteiger partial charge in [-0.15, -0.1) is 0 Å². The summed E-state index contributed by atoms with van der Waals surface area (Å²) in [6.45, 7) is -0.597. The monoisotopic (exact) mass is 495 g/mol. The molecule has 1 aromatic heterocycles. The number of halogens is 6. The van der Waals surface area contributed by atoms with E-state index in [-0.39, 0.29) is 17.4 Å². The Hall–Kier alpha value is -4.06. The fourth-order valence-electron chi connectivity index (χ4n) is 3.43. The summed E-state index contributed by atoms with van der Waals surface area (Å²) in [5, 5.41) is 8.82. The lowest BCUT2D eigenvalue weighted by molar-refractivity contribution is -0.143. The quantitative estimate of drug-likeness (QED) is 0.210. The van der Waals surface area contributed by atoms with Crippen molar-refractivity contribution >= 4 is 16.9 Å². The van der Waals surface area contributed by atoms with Crippen LogP contribution in [0.1, 0.15) is 27.0 Å². The third-order valence-corrected chi connectivity index (χ3v) is 5.16. The highest BCUT2D eigenvalue weighted by Crippen LogP contribution is 2.37. The van der Waals surface area contributed by atoms with E-state index in [2.05, 4.69) is 4.98 Å². The first-order valence-corrected chi connectivity index (χ1v) is 9.89. The number of amides is 1. The summed E-state index contributed by atoms with van der Waals surface area (Å²) in [5.74, 6) is -0.517. The Balaban J connectivity index is 1.56. The number of carbonyl (C=O) groups is 1. The molecule has 0 unspecified atom stereocenters. The maximum Gasteiger partial charge on any atom is 0.416 e. The molecule has 0 fully saturated rings. The molecule has 0 saturated carbocycles. The highest BCUT2D eigenvalue weighted by atomic mass is 19.4. The van der Waals surface area contributed by atoms with Gasteiger partial charge in [-0.2, -0.15) is 26.3 Å². The largest absolute Gasteiger partial charge is 0.489 e. The molecule has 3 aromatic carbocycles. The number of hydroxylamine groups is 1. The summed E-state index contributed by atoms with van der Waals surface area (Å²) in [4.78, 5) is 15.9. The zero-order valence-corrected chi connectivity index (χ0v) is 17.5. The zero-order chi connectivity index (χ0) is 25.4. The molecule has 0 aliphatic heterocycles. The summed E-state index contributed by atoms with van der Waals surface area (Å²) >= 11 is 0. The van der Waals surface area contributed by atoms with Crippen LogP contribution >= 0.6 is 0 Å². The van der Waals surface area contributed by atoms with Gasteiger partial charge in [0.25, 0.3) is 5.91 Å². The standard InChI is InChI=1S/C23H15F6N3O3/c24-22(25,26)15-3-1-14(18(10-15)23(27,28)29)11-35-17-6-4-16(5-7-17)32-12-30-19-8-2-13(9-20(19)32)21(33)31-34/h1-10,12,34H,11H2,(H,31,33). The van der Waals surface area contributed by atoms with Crippen molar-refractivity contribution in [2.75, 3.05) is 0 Å². The predicted molar refractivity (Wildman–Crippen MR) is 111 cm³/mol. The van der Waals surface area contributed by atoms with Crippen LogP contribution in [-0.2, 0) is 19.0 Å². The number of nitrogens with zero attached hydrogens (tertiary/aromatic N) is 2. The minimum Gasteiger partial charge on any atom is -0.489 e. The average Bonchev–Trinajstić information content (AvgIpc) is 3.24. The second kappa shape index (κ2) is 8.95. The summed E-state index contributed by atoms with van der Waals surface area (Å²) in [6.07, 6.45) is -8.40. The van der Waals surface area contributed by atoms with Crippen molar-refractivity contribution in [3.63, 3.8) is 0 Å². The van der Waals surface area contributed by atoms with Crippen molar-refractivity contribution in [3.8, 4) is 11.4 Å². The molecule has 0 atom stereocenters. The molecule has 0 aliphatic rings. The SMILES string of the molecule is O=C(NO)c1ccc2ncn(-c3ccc(OCc4ccc(C(F)(F)F)cc4C(F)(F)F)cc3)c2c1. The minimum absolute atomic E-state index is 0.0667. The normalized spacial score (nSPS) is 12.1. The summed E-state index contributed by atoms with van der Waals surface area (Å²) in [6, 6.07) is 12.1. The van der Waals surface area contributed by atoms with Gasteiger partial charge in [-0.1, -0.05) is 6.07 Å². The van der Waals surface area contributed by atoms with Gasteiger partial charge in [0.05, 0.1) is 22.2 Å². The molecule has 4 aromatic rings. The Labute approximate surface area is 193 Å². The van der Waals surface area contributed by atoms with Crippen molar-refractivity contribution in [2.24, 2.45) is 0 Å². The molecule has 182 valence electrons. The Morgan fingerprint density at radius 3 is 2.29 bits per heavy atom. The zero-order valence-electron chi connectivity index (χ0n) is 17.5. The summed E-state index contributed by atoms with van der Waals surface area (Å²) < 4.78 is 85.5. The van der Waals surface area contributed by atoms with Gasteiger partial charge >= 0.3 is 12.4 Å². The molecule has 1 heterocycles. The molecule has 4 rings (SSSR count). The highest BCUT2D eigenvalue weighted by molar-refractivity contribution is 5.96. The molecule has 35 heavy (non-hydrogen) atoms. The van der Waals surface area contributed by atoms with E-state index in [9.17, 15) is 31.1 Å². The number of nitrogens with one attached hydrogen (secondary N) is 1. The van der Waals surface area contributed by atoms with Crippen LogP contribution < -0.4 is 10.2 Å². The molecule has 2 N–H and O–H groups in total. The maximum absolute atomic E-state index is 13.3. The molecule has 0 radical (unpaired) electrons. The number of fused-ring (bicyclic) bond motifs is 1. The lowest BCUT2D eigenvalue weighted by atomic mass is 10.0. The molecule has 0 aliphatic carbocycles. The molecular weight excluding hydrogens is 480 g/mol. The van der Waals surface area contributed by atoms with Gasteiger partial charge < -0.3 is 4.74 Å². The lowest BCUT2D eigenvalue weighted by Gasteiger charge is -2.16. The van der Waals surface area contributed by atoms with E-state index in [4.69, 9.17) is 9.94 Å². The second-order valence-corrected chi connectivity index (χ2v) is 7.41. The van der Waals surface area contributed by atoms with E-state index in [1.54, 1.807) is 28.2 Å². The Kier molecular flexibility index (Phi) is 6.15. The van der Waals surface area contributed by atoms with Gasteiger partial charge in [0.2, 0.25) is 0 Å². The second-order valence-electron chi connectivity index (χ2n) is 7.41. The van der Waals surface area contributed by atoms with Gasteiger partial charge in [0.15, 0.2) is 0 Å². The topological polar surface area (TPSA) is 76.4 Å². The number of alkyl halides is 6. The van der Waals surface area contributed by atoms with Gasteiger partial charge in [0, 0.05) is 16.8 Å². The maximum atomic E-state index is 13.3. The number of benzene rings is 3. The van der Waals surface area contributed by atoms with E-state index in [1.807, 2.05) is 0 Å². The van der Waals surface area contributed by atoms with E-state index in [0.717, 1.165) is 6.07 Å². The molecule has 12 heteroatoms. The fraction of sp³-hybridized carbons (Fsp3) is 0.130. The number of carbonyl (C=O) groups excluding carboxylic acids is 1. The first kappa shape index (κ1) is 24.1. The van der Waals surface area contributed by atoms with Crippen molar-refractivity contribution in [1.29, 1.82) is 0 Å². The molecule has 0 saturated heterocycles. The van der Waals surface area contributed by atoms with Crippen LogP contribution in [0.2, 0.25) is 0 Å². The first-order valence-electron chi connectivity index (χ1n) is 9.89. The van der Waals surface area contributed by atoms with Crippen molar-refractivity contribution in [2.45, 2.75) is 19.0 Å². The van der Waals surface area contributed by atoms with Crippen molar-refractivity contribution in [1.82, 2.24) is 15.0 Å². The Bertz CT molecular complexity index is 1380. The van der Waals surface area contributed by atoms with Gasteiger partial charge in [-0.25, -0.2) is 10.5 Å². The number of hydrogen-bond acceptors (Lipinski definition) is 4. The minimum atomic E-state index is -4.99. The van der Waals surface area contributed by atoms with E-state index in [0.29, 0.717) is 22.8 Å². The third-order valence-electron chi connectivity index (χ3n) is 5.16. The van der Waals surface area contributed by atoms with Gasteiger partial charge in [-0.3, -0.25) is 14.6 Å². The van der Waals surface area contributed by atoms with Crippen LogP contribution in [0.4, 0.5) is 26.3 Å². The Morgan fingerprint density at radius 1 is 0.943 bits per heavy atom. The Morgan fingerprint density at radius 2 is 1.66 bits per heavy atom. The van der Waals surface area contributed by atoms with Crippen LogP contribution in [0.15, 0.2) is 67.0 Å². The van der Waals surface area contributed by atoms with Crippen LogP contribution in [0.3, 0.4) is 0 Å². The number of ether oxygens (including phenoxy) is 1. The van der Waals surface area contributed by atoms with E-state index >= 15 is 0 Å². The number of hydrogen-bond donors (Lipinski definition) is 2. The van der Waals surface area contributed by atoms with Crippen LogP contribution in [-0.4, -0.2) is 20.7 Å². The molecule has 6 nitrogen and oxygen atoms in total. The highest BCUT2D eigenvalue weighted by Gasteiger charge is 2.38.